The Labute approximate surface area is 120 Å². The van der Waals surface area contributed by atoms with Crippen LogP contribution >= 0.6 is 11.3 Å². The molecule has 2 aromatic heterocycles. The second-order valence-electron chi connectivity index (χ2n) is 4.61. The summed E-state index contributed by atoms with van der Waals surface area (Å²) < 4.78 is 0. The fourth-order valence-corrected chi connectivity index (χ4v) is 2.91. The van der Waals surface area contributed by atoms with E-state index in [-0.39, 0.29) is 0 Å². The minimum atomic E-state index is -1.12. The SMILES string of the molecule is CCc1cc2c(N[C@@H](C(=O)O)[C@H](C)O)nc(C)nc2s1. The van der Waals surface area contributed by atoms with Crippen LogP contribution in [0.2, 0.25) is 0 Å². The van der Waals surface area contributed by atoms with Crippen LogP contribution in [0.3, 0.4) is 0 Å². The fraction of sp³-hybridized carbons (Fsp3) is 0.462. The van der Waals surface area contributed by atoms with E-state index >= 15 is 0 Å². The molecule has 0 unspecified atom stereocenters. The minimum absolute atomic E-state index is 0.455. The van der Waals surface area contributed by atoms with E-state index in [4.69, 9.17) is 5.11 Å². The van der Waals surface area contributed by atoms with Gasteiger partial charge < -0.3 is 15.5 Å². The summed E-state index contributed by atoms with van der Waals surface area (Å²) in [5.41, 5.74) is 0. The highest BCUT2D eigenvalue weighted by Gasteiger charge is 2.24. The summed E-state index contributed by atoms with van der Waals surface area (Å²) in [6, 6.07) is 0.861. The van der Waals surface area contributed by atoms with Crippen LogP contribution in [0.1, 0.15) is 24.5 Å². The standard InChI is InChI=1S/C13H17N3O3S/c1-4-8-5-9-11(14-7(3)15-12(9)20-8)16-10(6(2)17)13(18)19/h5-6,10,17H,4H2,1-3H3,(H,18,19)(H,14,15,16)/t6-,10+/m0/s1. The first kappa shape index (κ1) is 14.7. The van der Waals surface area contributed by atoms with Crippen molar-refractivity contribution >= 4 is 33.3 Å². The van der Waals surface area contributed by atoms with Gasteiger partial charge in [0.1, 0.15) is 16.5 Å². The molecule has 0 spiro atoms. The van der Waals surface area contributed by atoms with Crippen LogP contribution in [0.25, 0.3) is 10.2 Å². The Balaban J connectivity index is 2.47. The van der Waals surface area contributed by atoms with E-state index in [0.717, 1.165) is 21.5 Å². The number of carbonyl (C=O) groups is 1. The van der Waals surface area contributed by atoms with Crippen LogP contribution in [0.5, 0.6) is 0 Å². The topological polar surface area (TPSA) is 95.3 Å². The number of nitrogens with one attached hydrogen (secondary N) is 1. The average Bonchev–Trinajstić information content (AvgIpc) is 2.77. The summed E-state index contributed by atoms with van der Waals surface area (Å²) in [4.78, 5) is 21.8. The molecular formula is C13H17N3O3S. The van der Waals surface area contributed by atoms with E-state index in [1.165, 1.54) is 6.92 Å². The molecule has 0 bridgehead atoms. The number of aliphatic hydroxyl groups is 1. The number of aliphatic hydroxyl groups excluding tert-OH is 1. The lowest BCUT2D eigenvalue weighted by molar-refractivity contribution is -0.140. The van der Waals surface area contributed by atoms with E-state index < -0.39 is 18.1 Å². The molecule has 20 heavy (non-hydrogen) atoms. The van der Waals surface area contributed by atoms with Crippen LogP contribution < -0.4 is 5.32 Å². The van der Waals surface area contributed by atoms with Crippen LogP contribution in [-0.4, -0.2) is 38.3 Å². The van der Waals surface area contributed by atoms with Crippen molar-refractivity contribution in [3.63, 3.8) is 0 Å². The molecule has 0 aliphatic rings. The van der Waals surface area contributed by atoms with Crippen LogP contribution in [-0.2, 0) is 11.2 Å². The number of carboxylic acids is 1. The van der Waals surface area contributed by atoms with Crippen LogP contribution in [0.15, 0.2) is 6.07 Å². The molecule has 0 radical (unpaired) electrons. The largest absolute Gasteiger partial charge is 0.480 e. The summed E-state index contributed by atoms with van der Waals surface area (Å²) in [5.74, 6) is -0.0913. The number of aromatic nitrogens is 2. The Bertz CT molecular complexity index is 639. The molecule has 6 nitrogen and oxygen atoms in total. The second-order valence-corrected chi connectivity index (χ2v) is 5.72. The maximum absolute atomic E-state index is 11.2. The quantitative estimate of drug-likeness (QED) is 0.778. The van der Waals surface area contributed by atoms with Gasteiger partial charge in [0.15, 0.2) is 6.04 Å². The van der Waals surface area contributed by atoms with Crippen molar-refractivity contribution in [1.29, 1.82) is 0 Å². The highest BCUT2D eigenvalue weighted by molar-refractivity contribution is 7.18. The molecule has 2 atom stereocenters. The number of aliphatic carboxylic acids is 1. The lowest BCUT2D eigenvalue weighted by atomic mass is 10.2. The number of carboxylic acid groups (broad SMARTS) is 1. The molecule has 0 fully saturated rings. The zero-order chi connectivity index (χ0) is 14.9. The summed E-state index contributed by atoms with van der Waals surface area (Å²) in [6.45, 7) is 5.24. The lowest BCUT2D eigenvalue weighted by Gasteiger charge is -2.18. The van der Waals surface area contributed by atoms with Crippen molar-refractivity contribution < 1.29 is 15.0 Å². The van der Waals surface area contributed by atoms with E-state index in [0.29, 0.717) is 11.6 Å². The fourth-order valence-electron chi connectivity index (χ4n) is 1.90. The first-order valence-corrected chi connectivity index (χ1v) is 7.18. The Morgan fingerprint density at radius 3 is 2.75 bits per heavy atom. The molecule has 2 rings (SSSR count). The summed E-state index contributed by atoms with van der Waals surface area (Å²) in [5, 5.41) is 22.3. The summed E-state index contributed by atoms with van der Waals surface area (Å²) in [6.07, 6.45) is -0.139. The molecule has 3 N–H and O–H groups in total. The van der Waals surface area contributed by atoms with Gasteiger partial charge in [0.2, 0.25) is 0 Å². The first-order valence-electron chi connectivity index (χ1n) is 6.36. The Kier molecular flexibility index (Phi) is 4.20. The van der Waals surface area contributed by atoms with Crippen molar-refractivity contribution in [2.75, 3.05) is 5.32 Å². The third-order valence-electron chi connectivity index (χ3n) is 2.94. The number of thiophene rings is 1. The molecule has 0 saturated carbocycles. The van der Waals surface area contributed by atoms with Crippen LogP contribution in [0.4, 0.5) is 5.82 Å². The minimum Gasteiger partial charge on any atom is -0.480 e. The van der Waals surface area contributed by atoms with Crippen molar-refractivity contribution in [2.24, 2.45) is 0 Å². The van der Waals surface area contributed by atoms with Gasteiger partial charge in [-0.05, 0) is 26.3 Å². The average molecular weight is 295 g/mol. The molecule has 0 saturated heterocycles. The zero-order valence-electron chi connectivity index (χ0n) is 11.5. The van der Waals surface area contributed by atoms with Crippen molar-refractivity contribution in [1.82, 2.24) is 9.97 Å². The molecule has 2 aromatic rings. The highest BCUT2D eigenvalue weighted by atomic mass is 32.1. The van der Waals surface area contributed by atoms with Gasteiger partial charge in [0, 0.05) is 4.88 Å². The Morgan fingerprint density at radius 2 is 2.20 bits per heavy atom. The Morgan fingerprint density at radius 1 is 1.50 bits per heavy atom. The van der Waals surface area contributed by atoms with Gasteiger partial charge >= 0.3 is 5.97 Å². The van der Waals surface area contributed by atoms with Gasteiger partial charge in [-0.3, -0.25) is 0 Å². The molecule has 2 heterocycles. The van der Waals surface area contributed by atoms with E-state index in [1.807, 2.05) is 13.0 Å². The predicted molar refractivity (Wildman–Crippen MR) is 78.3 cm³/mol. The number of rotatable bonds is 5. The number of anilines is 1. The monoisotopic (exact) mass is 295 g/mol. The lowest BCUT2D eigenvalue weighted by Crippen LogP contribution is -2.39. The number of hydrogen-bond donors (Lipinski definition) is 3. The van der Waals surface area contributed by atoms with Crippen molar-refractivity contribution in [2.45, 2.75) is 39.3 Å². The van der Waals surface area contributed by atoms with E-state index in [2.05, 4.69) is 15.3 Å². The smallest absolute Gasteiger partial charge is 0.328 e. The van der Waals surface area contributed by atoms with Gasteiger partial charge in [-0.2, -0.15) is 0 Å². The number of fused-ring (bicyclic) bond motifs is 1. The van der Waals surface area contributed by atoms with Gasteiger partial charge in [-0.1, -0.05) is 6.92 Å². The normalized spacial score (nSPS) is 14.2. The molecule has 0 aromatic carbocycles. The summed E-state index contributed by atoms with van der Waals surface area (Å²) in [7, 11) is 0. The molecule has 0 amide bonds. The number of nitrogens with zero attached hydrogens (tertiary/aromatic N) is 2. The Hall–Kier alpha value is -1.73. The molecule has 7 heteroatoms. The van der Waals surface area contributed by atoms with Crippen molar-refractivity contribution in [3.05, 3.63) is 16.8 Å². The van der Waals surface area contributed by atoms with E-state index in [9.17, 15) is 9.90 Å². The van der Waals surface area contributed by atoms with Gasteiger partial charge in [-0.25, -0.2) is 14.8 Å². The molecule has 0 aliphatic heterocycles. The second kappa shape index (κ2) is 5.72. The van der Waals surface area contributed by atoms with Crippen molar-refractivity contribution in [3.8, 4) is 0 Å². The maximum atomic E-state index is 11.2. The number of hydrogen-bond acceptors (Lipinski definition) is 6. The van der Waals surface area contributed by atoms with Gasteiger partial charge in [0.25, 0.3) is 0 Å². The molecular weight excluding hydrogens is 278 g/mol. The molecule has 108 valence electrons. The predicted octanol–water partition coefficient (Wildman–Crippen LogP) is 1.81. The van der Waals surface area contributed by atoms with Crippen LogP contribution in [0, 0.1) is 6.92 Å². The van der Waals surface area contributed by atoms with Gasteiger partial charge in [0.05, 0.1) is 11.5 Å². The third-order valence-corrected chi connectivity index (χ3v) is 4.12. The molecule has 0 aliphatic carbocycles. The zero-order valence-corrected chi connectivity index (χ0v) is 12.4. The van der Waals surface area contributed by atoms with Gasteiger partial charge in [-0.15, -0.1) is 11.3 Å². The van der Waals surface area contributed by atoms with E-state index in [1.54, 1.807) is 18.3 Å². The maximum Gasteiger partial charge on any atom is 0.328 e. The highest BCUT2D eigenvalue weighted by Crippen LogP contribution is 2.29. The third kappa shape index (κ3) is 2.88. The number of aryl methyl sites for hydroxylation is 2. The summed E-state index contributed by atoms with van der Waals surface area (Å²) >= 11 is 1.57. The first-order chi connectivity index (χ1) is 9.42.